The van der Waals surface area contributed by atoms with Crippen molar-refractivity contribution in [2.24, 2.45) is 0 Å². The van der Waals surface area contributed by atoms with Gasteiger partial charge in [0.15, 0.2) is 0 Å². The van der Waals surface area contributed by atoms with E-state index in [1.165, 1.54) is 0 Å². The molecule has 6 heteroatoms. The van der Waals surface area contributed by atoms with Crippen LogP contribution in [-0.4, -0.2) is 41.7 Å². The number of carbonyl (C=O) groups is 1. The molecule has 144 valence electrons. The summed E-state index contributed by atoms with van der Waals surface area (Å²) in [6, 6.07) is 13.0. The zero-order chi connectivity index (χ0) is 18.9. The summed E-state index contributed by atoms with van der Waals surface area (Å²) in [7, 11) is 0. The average Bonchev–Trinajstić information content (AvgIpc) is 2.72. The van der Waals surface area contributed by atoms with Crippen molar-refractivity contribution in [1.29, 1.82) is 0 Å². The maximum atomic E-state index is 12.5. The first kappa shape index (κ1) is 19.2. The van der Waals surface area contributed by atoms with Crippen molar-refractivity contribution in [3.05, 3.63) is 54.4 Å². The van der Waals surface area contributed by atoms with Gasteiger partial charge < -0.3 is 19.7 Å². The van der Waals surface area contributed by atoms with E-state index in [1.54, 1.807) is 6.20 Å². The Hall–Kier alpha value is -2.60. The Kier molecular flexibility index (Phi) is 7.04. The highest BCUT2D eigenvalue weighted by atomic mass is 16.5. The molecular formula is C21H27N3O3. The molecule has 1 atom stereocenters. The second-order valence-electron chi connectivity index (χ2n) is 6.65. The molecule has 1 aliphatic rings. The van der Waals surface area contributed by atoms with Crippen LogP contribution in [0.3, 0.4) is 0 Å². The van der Waals surface area contributed by atoms with Crippen LogP contribution in [-0.2, 0) is 11.3 Å². The number of pyridine rings is 1. The first-order valence-electron chi connectivity index (χ1n) is 9.55. The maximum Gasteiger partial charge on any atom is 0.321 e. The number of rotatable bonds is 7. The van der Waals surface area contributed by atoms with E-state index in [0.29, 0.717) is 13.2 Å². The van der Waals surface area contributed by atoms with Crippen molar-refractivity contribution in [3.8, 4) is 5.75 Å². The van der Waals surface area contributed by atoms with E-state index < -0.39 is 0 Å². The minimum atomic E-state index is -0.0815. The van der Waals surface area contributed by atoms with Crippen LogP contribution in [0.1, 0.15) is 31.9 Å². The predicted octanol–water partition coefficient (Wildman–Crippen LogP) is 4.08. The van der Waals surface area contributed by atoms with Crippen LogP contribution >= 0.6 is 0 Å². The fourth-order valence-electron chi connectivity index (χ4n) is 3.02. The molecule has 0 unspecified atom stereocenters. The Morgan fingerprint density at radius 2 is 2.11 bits per heavy atom. The maximum absolute atomic E-state index is 12.5. The number of nitrogens with one attached hydrogen (secondary N) is 1. The first-order valence-corrected chi connectivity index (χ1v) is 9.55. The number of hydrogen-bond donors (Lipinski definition) is 1. The number of carbonyl (C=O) groups excluding carboxylic acids is 1. The zero-order valence-electron chi connectivity index (χ0n) is 15.8. The van der Waals surface area contributed by atoms with E-state index in [-0.39, 0.29) is 12.1 Å². The van der Waals surface area contributed by atoms with Gasteiger partial charge in [0.05, 0.1) is 11.8 Å². The summed E-state index contributed by atoms with van der Waals surface area (Å²) < 4.78 is 11.5. The number of anilines is 1. The van der Waals surface area contributed by atoms with E-state index in [0.717, 1.165) is 49.5 Å². The Balaban J connectivity index is 1.48. The SMILES string of the molecule is CCCO[C@H]1CCCN(C(=O)Nc2ccc(OCc3ccccn3)cc2)C1. The number of urea groups is 1. The Labute approximate surface area is 160 Å². The Bertz CT molecular complexity index is 706. The van der Waals surface area contributed by atoms with Gasteiger partial charge in [0, 0.05) is 31.6 Å². The first-order chi connectivity index (χ1) is 13.2. The number of nitrogens with zero attached hydrogens (tertiary/aromatic N) is 2. The lowest BCUT2D eigenvalue weighted by Gasteiger charge is -2.32. The van der Waals surface area contributed by atoms with Crippen LogP contribution in [0, 0.1) is 0 Å². The van der Waals surface area contributed by atoms with E-state index in [1.807, 2.05) is 47.4 Å². The van der Waals surface area contributed by atoms with Gasteiger partial charge in [-0.1, -0.05) is 13.0 Å². The van der Waals surface area contributed by atoms with E-state index >= 15 is 0 Å². The van der Waals surface area contributed by atoms with Crippen molar-refractivity contribution < 1.29 is 14.3 Å². The molecule has 6 nitrogen and oxygen atoms in total. The van der Waals surface area contributed by atoms with Crippen LogP contribution in [0.15, 0.2) is 48.7 Å². The van der Waals surface area contributed by atoms with Crippen LogP contribution < -0.4 is 10.1 Å². The van der Waals surface area contributed by atoms with E-state index in [4.69, 9.17) is 9.47 Å². The molecule has 3 rings (SSSR count). The smallest absolute Gasteiger partial charge is 0.321 e. The third-order valence-electron chi connectivity index (χ3n) is 4.44. The summed E-state index contributed by atoms with van der Waals surface area (Å²) in [4.78, 5) is 18.6. The predicted molar refractivity (Wildman–Crippen MR) is 105 cm³/mol. The molecule has 0 saturated carbocycles. The number of hydrogen-bond acceptors (Lipinski definition) is 4. The molecule has 2 aromatic rings. The van der Waals surface area contributed by atoms with Crippen molar-refractivity contribution in [2.75, 3.05) is 25.0 Å². The molecule has 2 heterocycles. The molecule has 1 aliphatic heterocycles. The minimum Gasteiger partial charge on any atom is -0.487 e. The van der Waals surface area contributed by atoms with Gasteiger partial charge in [-0.05, 0) is 55.7 Å². The summed E-state index contributed by atoms with van der Waals surface area (Å²) in [5.41, 5.74) is 1.63. The highest BCUT2D eigenvalue weighted by Crippen LogP contribution is 2.19. The third-order valence-corrected chi connectivity index (χ3v) is 4.44. The molecule has 27 heavy (non-hydrogen) atoms. The summed E-state index contributed by atoms with van der Waals surface area (Å²) in [5, 5.41) is 2.95. The van der Waals surface area contributed by atoms with Crippen molar-refractivity contribution in [3.63, 3.8) is 0 Å². The van der Waals surface area contributed by atoms with Gasteiger partial charge >= 0.3 is 6.03 Å². The van der Waals surface area contributed by atoms with Crippen molar-refractivity contribution in [1.82, 2.24) is 9.88 Å². The molecule has 0 bridgehead atoms. The summed E-state index contributed by atoms with van der Waals surface area (Å²) in [5.74, 6) is 0.740. The second-order valence-corrected chi connectivity index (χ2v) is 6.65. The van der Waals surface area contributed by atoms with E-state index in [2.05, 4.69) is 17.2 Å². The highest BCUT2D eigenvalue weighted by molar-refractivity contribution is 5.89. The van der Waals surface area contributed by atoms with Gasteiger partial charge in [-0.25, -0.2) is 4.79 Å². The average molecular weight is 369 g/mol. The van der Waals surface area contributed by atoms with Crippen LogP contribution in [0.25, 0.3) is 0 Å². The Morgan fingerprint density at radius 1 is 1.26 bits per heavy atom. The lowest BCUT2D eigenvalue weighted by Crippen LogP contribution is -2.45. The number of piperidine rings is 1. The second kappa shape index (κ2) is 9.92. The molecule has 2 amide bonds. The molecule has 1 aromatic heterocycles. The molecule has 1 fully saturated rings. The van der Waals surface area contributed by atoms with Gasteiger partial charge in [0.25, 0.3) is 0 Å². The van der Waals surface area contributed by atoms with Crippen LogP contribution in [0.5, 0.6) is 5.75 Å². The minimum absolute atomic E-state index is 0.0815. The highest BCUT2D eigenvalue weighted by Gasteiger charge is 2.24. The van der Waals surface area contributed by atoms with Gasteiger partial charge in [0.2, 0.25) is 0 Å². The number of aromatic nitrogens is 1. The third kappa shape index (κ3) is 5.96. The van der Waals surface area contributed by atoms with Gasteiger partial charge in [-0.15, -0.1) is 0 Å². The van der Waals surface area contributed by atoms with Crippen LogP contribution in [0.2, 0.25) is 0 Å². The fraction of sp³-hybridized carbons (Fsp3) is 0.429. The molecule has 0 radical (unpaired) electrons. The van der Waals surface area contributed by atoms with Crippen molar-refractivity contribution in [2.45, 2.75) is 38.9 Å². The normalized spacial score (nSPS) is 16.8. The molecular weight excluding hydrogens is 342 g/mol. The zero-order valence-corrected chi connectivity index (χ0v) is 15.8. The van der Waals surface area contributed by atoms with Crippen LogP contribution in [0.4, 0.5) is 10.5 Å². The summed E-state index contributed by atoms with van der Waals surface area (Å²) in [6.07, 6.45) is 4.88. The molecule has 1 aromatic carbocycles. The molecule has 0 spiro atoms. The Morgan fingerprint density at radius 3 is 2.85 bits per heavy atom. The number of likely N-dealkylation sites (tertiary alicyclic amines) is 1. The summed E-state index contributed by atoms with van der Waals surface area (Å²) in [6.45, 7) is 4.68. The molecule has 1 N–H and O–H groups in total. The van der Waals surface area contributed by atoms with Gasteiger partial charge in [-0.3, -0.25) is 4.98 Å². The molecule has 1 saturated heterocycles. The fourth-order valence-corrected chi connectivity index (χ4v) is 3.02. The monoisotopic (exact) mass is 369 g/mol. The lowest BCUT2D eigenvalue weighted by atomic mass is 10.1. The quantitative estimate of drug-likeness (QED) is 0.799. The van der Waals surface area contributed by atoms with E-state index in [9.17, 15) is 4.79 Å². The molecule has 0 aliphatic carbocycles. The number of amides is 2. The van der Waals surface area contributed by atoms with Gasteiger partial charge in [0.1, 0.15) is 12.4 Å². The summed E-state index contributed by atoms with van der Waals surface area (Å²) >= 11 is 0. The topological polar surface area (TPSA) is 63.7 Å². The lowest BCUT2D eigenvalue weighted by molar-refractivity contribution is 0.0115. The van der Waals surface area contributed by atoms with Gasteiger partial charge in [-0.2, -0.15) is 0 Å². The number of ether oxygens (including phenoxy) is 2. The largest absolute Gasteiger partial charge is 0.487 e. The van der Waals surface area contributed by atoms with Crippen molar-refractivity contribution >= 4 is 11.7 Å². The standard InChI is InChI=1S/C21H27N3O3/c1-2-14-26-20-7-5-13-24(15-20)21(25)23-17-8-10-19(11-9-17)27-16-18-6-3-4-12-22-18/h3-4,6,8-12,20H,2,5,7,13-16H2,1H3,(H,23,25)/t20-/m0/s1. The number of benzene rings is 1.